The Morgan fingerprint density at radius 3 is 2.35 bits per heavy atom. The Morgan fingerprint density at radius 2 is 1.81 bits per heavy atom. The highest BCUT2D eigenvalue weighted by Crippen LogP contribution is 2.38. The van der Waals surface area contributed by atoms with Gasteiger partial charge >= 0.3 is 6.18 Å². The number of carbonyl (C=O) groups is 1. The van der Waals surface area contributed by atoms with E-state index in [1.165, 1.54) is 13.0 Å². The topological polar surface area (TPSA) is 53.7 Å². The molecule has 0 unspecified atom stereocenters. The van der Waals surface area contributed by atoms with Gasteiger partial charge in [0.2, 0.25) is 0 Å². The number of hydrogen-bond acceptors (Lipinski definition) is 2. The fourth-order valence-corrected chi connectivity index (χ4v) is 2.39. The largest absolute Gasteiger partial charge is 0.407 e. The molecule has 0 aliphatic carbocycles. The van der Waals surface area contributed by atoms with Crippen molar-refractivity contribution in [2.45, 2.75) is 32.0 Å². The maximum atomic E-state index is 13.0. The summed E-state index contributed by atoms with van der Waals surface area (Å²) in [6.07, 6.45) is -4.71. The first-order valence-electron chi connectivity index (χ1n) is 7.71. The van der Waals surface area contributed by atoms with E-state index in [1.807, 2.05) is 19.1 Å². The number of carbonyl (C=O) groups excluding carboxylic acids is 1. The molecule has 0 heterocycles. The van der Waals surface area contributed by atoms with Crippen LogP contribution in [0, 0.1) is 13.5 Å². The zero-order valence-corrected chi connectivity index (χ0v) is 14.2. The first-order chi connectivity index (χ1) is 12.0. The molecular weight excluding hydrogens is 345 g/mol. The number of nitrogens with one attached hydrogen (secondary N) is 1. The van der Waals surface area contributed by atoms with Crippen molar-refractivity contribution in [3.05, 3.63) is 70.6 Å². The van der Waals surface area contributed by atoms with Crippen molar-refractivity contribution in [1.29, 1.82) is 0 Å². The second kappa shape index (κ2) is 7.18. The minimum atomic E-state index is -4.72. The van der Waals surface area contributed by atoms with Gasteiger partial charge in [-0.05, 0) is 31.5 Å². The van der Waals surface area contributed by atoms with E-state index in [0.29, 0.717) is 6.07 Å². The quantitative estimate of drug-likeness (QED) is 0.787. The molecule has 1 amide bonds. The van der Waals surface area contributed by atoms with E-state index in [2.05, 4.69) is 10.2 Å². The number of halogens is 3. The molecule has 0 aliphatic heterocycles. The predicted octanol–water partition coefficient (Wildman–Crippen LogP) is 4.50. The van der Waals surface area contributed by atoms with Crippen LogP contribution in [0.4, 0.5) is 24.5 Å². The molecule has 0 saturated heterocycles. The number of nitrogens with zero attached hydrogens (tertiary/aromatic N) is 1. The Bertz CT molecular complexity index is 851. The molecule has 2 rings (SSSR count). The van der Waals surface area contributed by atoms with Gasteiger partial charge in [-0.2, -0.15) is 13.2 Å². The molecule has 1 atom stereocenters. The number of aryl methyl sites for hydroxylation is 1. The zero-order valence-electron chi connectivity index (χ0n) is 14.2. The lowest BCUT2D eigenvalue weighted by Crippen LogP contribution is -2.42. The fraction of sp³-hybridized carbons (Fsp3) is 0.263. The van der Waals surface area contributed by atoms with Gasteiger partial charge in [0.05, 0.1) is 12.1 Å². The number of hydrogen-bond donors (Lipinski definition) is 2. The molecule has 0 bridgehead atoms. The van der Waals surface area contributed by atoms with Crippen LogP contribution < -0.4 is 5.32 Å². The summed E-state index contributed by atoms with van der Waals surface area (Å²) in [5.41, 5.74) is -1.90. The third kappa shape index (κ3) is 4.61. The molecule has 0 aliphatic rings. The third-order valence-electron chi connectivity index (χ3n) is 3.84. The van der Waals surface area contributed by atoms with E-state index in [0.717, 1.165) is 17.2 Å². The van der Waals surface area contributed by atoms with Crippen LogP contribution in [0.1, 0.15) is 23.6 Å². The number of aliphatic hydroxyl groups is 1. The molecule has 0 fully saturated rings. The molecule has 0 saturated carbocycles. The summed E-state index contributed by atoms with van der Waals surface area (Å²) >= 11 is 0. The molecule has 2 N–H and O–H groups in total. The van der Waals surface area contributed by atoms with Crippen molar-refractivity contribution >= 4 is 17.3 Å². The summed E-state index contributed by atoms with van der Waals surface area (Å²) in [5, 5.41) is 12.7. The highest BCUT2D eigenvalue weighted by molar-refractivity contribution is 5.97. The summed E-state index contributed by atoms with van der Waals surface area (Å²) in [7, 11) is 0. The van der Waals surface area contributed by atoms with Gasteiger partial charge in [0.15, 0.2) is 5.69 Å². The number of anilines is 1. The van der Waals surface area contributed by atoms with Gasteiger partial charge in [0.1, 0.15) is 5.60 Å². The van der Waals surface area contributed by atoms with Gasteiger partial charge in [0.25, 0.3) is 5.91 Å². The van der Waals surface area contributed by atoms with Crippen LogP contribution in [0.3, 0.4) is 0 Å². The van der Waals surface area contributed by atoms with Crippen molar-refractivity contribution in [2.75, 3.05) is 5.32 Å². The summed E-state index contributed by atoms with van der Waals surface area (Å²) < 4.78 is 39.0. The highest BCUT2D eigenvalue weighted by Gasteiger charge is 2.35. The van der Waals surface area contributed by atoms with Gasteiger partial charge in [-0.15, -0.1) is 0 Å². The number of rotatable bonds is 4. The normalized spacial score (nSPS) is 13.6. The van der Waals surface area contributed by atoms with Crippen LogP contribution in [-0.2, 0) is 17.4 Å². The Kier molecular flexibility index (Phi) is 5.38. The average Bonchev–Trinajstić information content (AvgIpc) is 2.56. The average molecular weight is 362 g/mol. The second-order valence-corrected chi connectivity index (χ2v) is 6.23. The highest BCUT2D eigenvalue weighted by atomic mass is 19.4. The minimum Gasteiger partial charge on any atom is -0.380 e. The molecule has 0 radical (unpaired) electrons. The number of alkyl halides is 3. The molecule has 26 heavy (non-hydrogen) atoms. The Morgan fingerprint density at radius 1 is 1.19 bits per heavy atom. The Labute approximate surface area is 149 Å². The predicted molar refractivity (Wildman–Crippen MR) is 91.8 cm³/mol. The zero-order chi connectivity index (χ0) is 19.5. The molecular formula is C19H17F3N2O2. The van der Waals surface area contributed by atoms with E-state index in [1.54, 1.807) is 12.1 Å². The van der Waals surface area contributed by atoms with Gasteiger partial charge in [-0.3, -0.25) is 4.79 Å². The van der Waals surface area contributed by atoms with Crippen LogP contribution in [0.5, 0.6) is 0 Å². The van der Waals surface area contributed by atoms with Crippen molar-refractivity contribution < 1.29 is 23.1 Å². The van der Waals surface area contributed by atoms with Gasteiger partial charge in [-0.1, -0.05) is 35.9 Å². The van der Waals surface area contributed by atoms with Crippen LogP contribution in [-0.4, -0.2) is 16.6 Å². The lowest BCUT2D eigenvalue weighted by molar-refractivity contribution is -0.137. The summed E-state index contributed by atoms with van der Waals surface area (Å²) in [5.74, 6) is -0.832. The maximum Gasteiger partial charge on any atom is 0.407 e. The minimum absolute atomic E-state index is 0.00534. The molecule has 136 valence electrons. The Hall–Kier alpha value is -2.85. The smallest absolute Gasteiger partial charge is 0.380 e. The van der Waals surface area contributed by atoms with Gasteiger partial charge < -0.3 is 10.4 Å². The molecule has 0 spiro atoms. The number of benzene rings is 2. The van der Waals surface area contributed by atoms with E-state index < -0.39 is 28.9 Å². The van der Waals surface area contributed by atoms with Crippen LogP contribution in [0.15, 0.2) is 42.5 Å². The molecule has 2 aromatic rings. The SMILES string of the molecule is [C-]#[N+]c1ccc(NC(=O)[C@@](C)(O)Cc2ccc(C)cc2)cc1C(F)(F)F. The van der Waals surface area contributed by atoms with Crippen LogP contribution in [0.25, 0.3) is 4.85 Å². The number of amides is 1. The second-order valence-electron chi connectivity index (χ2n) is 6.23. The lowest BCUT2D eigenvalue weighted by Gasteiger charge is -2.23. The van der Waals surface area contributed by atoms with Crippen molar-refractivity contribution in [3.63, 3.8) is 0 Å². The summed E-state index contributed by atoms with van der Waals surface area (Å²) in [6.45, 7) is 10.0. The molecule has 0 aromatic heterocycles. The van der Waals surface area contributed by atoms with Crippen molar-refractivity contribution in [3.8, 4) is 0 Å². The van der Waals surface area contributed by atoms with Gasteiger partial charge in [-0.25, -0.2) is 4.85 Å². The van der Waals surface area contributed by atoms with E-state index in [4.69, 9.17) is 6.57 Å². The van der Waals surface area contributed by atoms with E-state index >= 15 is 0 Å². The molecule has 4 nitrogen and oxygen atoms in total. The lowest BCUT2D eigenvalue weighted by atomic mass is 9.95. The standard InChI is InChI=1S/C19H17F3N2O2/c1-12-4-6-13(7-5-12)11-18(2,26)17(25)24-14-8-9-16(23-3)15(10-14)19(20,21)22/h4-10,26H,11H2,1-2H3,(H,24,25)/t18-/m0/s1. The first kappa shape index (κ1) is 19.5. The Balaban J connectivity index is 2.20. The van der Waals surface area contributed by atoms with Crippen molar-refractivity contribution in [2.24, 2.45) is 0 Å². The fourth-order valence-electron chi connectivity index (χ4n) is 2.39. The maximum absolute atomic E-state index is 13.0. The van der Waals surface area contributed by atoms with Crippen LogP contribution >= 0.6 is 0 Å². The van der Waals surface area contributed by atoms with E-state index in [9.17, 15) is 23.1 Å². The third-order valence-corrected chi connectivity index (χ3v) is 3.84. The van der Waals surface area contributed by atoms with Crippen molar-refractivity contribution in [1.82, 2.24) is 0 Å². The summed E-state index contributed by atoms with van der Waals surface area (Å²) in [6, 6.07) is 10.1. The summed E-state index contributed by atoms with van der Waals surface area (Å²) in [4.78, 5) is 15.2. The molecule has 2 aromatic carbocycles. The first-order valence-corrected chi connectivity index (χ1v) is 7.71. The molecule has 7 heteroatoms. The van der Waals surface area contributed by atoms with Gasteiger partial charge in [0, 0.05) is 12.1 Å². The van der Waals surface area contributed by atoms with Crippen LogP contribution in [0.2, 0.25) is 0 Å². The monoisotopic (exact) mass is 362 g/mol. The van der Waals surface area contributed by atoms with E-state index in [-0.39, 0.29) is 12.1 Å².